The number of imide groups is 1. The number of hydrogen-bond donors (Lipinski definition) is 2. The number of nitrogens with one attached hydrogen (secondary N) is 2. The first kappa shape index (κ1) is 20.6. The van der Waals surface area contributed by atoms with E-state index >= 15 is 0 Å². The summed E-state index contributed by atoms with van der Waals surface area (Å²) in [6.07, 6.45) is 7.39. The number of esters is 1. The van der Waals surface area contributed by atoms with Gasteiger partial charge >= 0.3 is 12.0 Å². The van der Waals surface area contributed by atoms with Crippen LogP contribution in [0.3, 0.4) is 0 Å². The Kier molecular flexibility index (Phi) is 6.25. The lowest BCUT2D eigenvalue weighted by atomic mass is 9.73. The summed E-state index contributed by atoms with van der Waals surface area (Å²) in [4.78, 5) is 50.1. The van der Waals surface area contributed by atoms with Crippen LogP contribution in [0.25, 0.3) is 0 Å². The lowest BCUT2D eigenvalue weighted by Gasteiger charge is -2.36. The van der Waals surface area contributed by atoms with Crippen molar-refractivity contribution in [1.29, 1.82) is 0 Å². The van der Waals surface area contributed by atoms with Gasteiger partial charge in [-0.05, 0) is 50.4 Å². The molecular weight excluding hydrogens is 362 g/mol. The molecule has 2 saturated carbocycles. The molecule has 0 radical (unpaired) electrons. The highest BCUT2D eigenvalue weighted by atomic mass is 16.5. The molecule has 4 amide bonds. The molecule has 156 valence electrons. The van der Waals surface area contributed by atoms with E-state index in [9.17, 15) is 19.2 Å². The predicted octanol–water partition coefficient (Wildman–Crippen LogP) is 1.73. The SMILES string of the molecule is CC1CCC(NC(=O)COC(=O)CN2C(=O)N[C@]3(CCCC[C@@H]3C)C2=O)CC1. The van der Waals surface area contributed by atoms with E-state index in [2.05, 4.69) is 17.6 Å². The van der Waals surface area contributed by atoms with Crippen LogP contribution in [0.2, 0.25) is 0 Å². The van der Waals surface area contributed by atoms with E-state index in [0.29, 0.717) is 12.3 Å². The van der Waals surface area contributed by atoms with Gasteiger partial charge in [-0.3, -0.25) is 19.3 Å². The number of nitrogens with zero attached hydrogens (tertiary/aromatic N) is 1. The van der Waals surface area contributed by atoms with E-state index in [0.717, 1.165) is 49.8 Å². The summed E-state index contributed by atoms with van der Waals surface area (Å²) in [7, 11) is 0. The van der Waals surface area contributed by atoms with Gasteiger partial charge in [-0.2, -0.15) is 0 Å². The fraction of sp³-hybridized carbons (Fsp3) is 0.800. The zero-order valence-corrected chi connectivity index (χ0v) is 16.8. The average Bonchev–Trinajstić information content (AvgIpc) is 2.89. The maximum absolute atomic E-state index is 12.8. The Labute approximate surface area is 165 Å². The zero-order chi connectivity index (χ0) is 20.3. The van der Waals surface area contributed by atoms with Crippen LogP contribution in [0.4, 0.5) is 4.79 Å². The third-order valence-electron chi connectivity index (χ3n) is 6.53. The number of hydrogen-bond acceptors (Lipinski definition) is 5. The fourth-order valence-corrected chi connectivity index (χ4v) is 4.63. The van der Waals surface area contributed by atoms with E-state index < -0.39 is 30.7 Å². The van der Waals surface area contributed by atoms with Gasteiger partial charge < -0.3 is 15.4 Å². The molecule has 0 aromatic rings. The summed E-state index contributed by atoms with van der Waals surface area (Å²) >= 11 is 0. The second-order valence-electron chi connectivity index (χ2n) is 8.62. The minimum atomic E-state index is -0.898. The van der Waals surface area contributed by atoms with Crippen molar-refractivity contribution in [3.63, 3.8) is 0 Å². The summed E-state index contributed by atoms with van der Waals surface area (Å²) in [6.45, 7) is 3.30. The summed E-state index contributed by atoms with van der Waals surface area (Å²) in [5.74, 6) is -0.741. The molecule has 3 fully saturated rings. The molecule has 1 saturated heterocycles. The minimum Gasteiger partial charge on any atom is -0.454 e. The second kappa shape index (κ2) is 8.49. The molecule has 3 rings (SSSR count). The van der Waals surface area contributed by atoms with Crippen molar-refractivity contribution in [3.05, 3.63) is 0 Å². The number of urea groups is 1. The highest BCUT2D eigenvalue weighted by Crippen LogP contribution is 2.38. The second-order valence-corrected chi connectivity index (χ2v) is 8.62. The van der Waals surface area contributed by atoms with Crippen LogP contribution in [-0.4, -0.2) is 53.4 Å². The van der Waals surface area contributed by atoms with E-state index in [1.807, 2.05) is 6.92 Å². The van der Waals surface area contributed by atoms with E-state index in [4.69, 9.17) is 4.74 Å². The Bertz CT molecular complexity index is 644. The summed E-state index contributed by atoms with van der Waals surface area (Å²) < 4.78 is 5.00. The highest BCUT2D eigenvalue weighted by molar-refractivity contribution is 6.09. The van der Waals surface area contributed by atoms with Crippen LogP contribution in [-0.2, 0) is 19.1 Å². The monoisotopic (exact) mass is 393 g/mol. The lowest BCUT2D eigenvalue weighted by Crippen LogP contribution is -2.54. The van der Waals surface area contributed by atoms with Gasteiger partial charge in [0.1, 0.15) is 12.1 Å². The quantitative estimate of drug-likeness (QED) is 0.547. The van der Waals surface area contributed by atoms with Gasteiger partial charge in [-0.25, -0.2) is 4.79 Å². The van der Waals surface area contributed by atoms with Gasteiger partial charge in [0.2, 0.25) is 0 Å². The zero-order valence-electron chi connectivity index (χ0n) is 16.8. The molecule has 2 N–H and O–H groups in total. The Morgan fingerprint density at radius 3 is 2.54 bits per heavy atom. The van der Waals surface area contributed by atoms with Crippen LogP contribution < -0.4 is 10.6 Å². The van der Waals surface area contributed by atoms with E-state index in [1.54, 1.807) is 0 Å². The van der Waals surface area contributed by atoms with E-state index in [-0.39, 0.29) is 23.8 Å². The third-order valence-corrected chi connectivity index (χ3v) is 6.53. The molecule has 0 aromatic heterocycles. The van der Waals surface area contributed by atoms with Gasteiger partial charge in [0.15, 0.2) is 6.61 Å². The van der Waals surface area contributed by atoms with Crippen molar-refractivity contribution in [2.75, 3.05) is 13.2 Å². The Hall–Kier alpha value is -2.12. The molecular formula is C20H31N3O5. The molecule has 1 spiro atoms. The fourth-order valence-electron chi connectivity index (χ4n) is 4.63. The molecule has 1 aliphatic heterocycles. The Balaban J connectivity index is 1.46. The maximum Gasteiger partial charge on any atom is 0.326 e. The molecule has 2 atom stereocenters. The maximum atomic E-state index is 12.8. The molecule has 0 aromatic carbocycles. The van der Waals surface area contributed by atoms with Crippen molar-refractivity contribution in [3.8, 4) is 0 Å². The molecule has 3 aliphatic rings. The molecule has 28 heavy (non-hydrogen) atoms. The Morgan fingerprint density at radius 2 is 1.86 bits per heavy atom. The van der Waals surface area contributed by atoms with Crippen LogP contribution in [0.5, 0.6) is 0 Å². The van der Waals surface area contributed by atoms with Gasteiger partial charge in [-0.1, -0.05) is 26.7 Å². The highest BCUT2D eigenvalue weighted by Gasteiger charge is 2.55. The third kappa shape index (κ3) is 4.31. The average molecular weight is 393 g/mol. The number of carbonyl (C=O) groups excluding carboxylic acids is 4. The van der Waals surface area contributed by atoms with Crippen LogP contribution in [0, 0.1) is 11.8 Å². The summed E-state index contributed by atoms with van der Waals surface area (Å²) in [6, 6.07) is -0.433. The molecule has 2 aliphatic carbocycles. The van der Waals surface area contributed by atoms with Crippen molar-refractivity contribution < 1.29 is 23.9 Å². The largest absolute Gasteiger partial charge is 0.454 e. The predicted molar refractivity (Wildman–Crippen MR) is 101 cm³/mol. The smallest absolute Gasteiger partial charge is 0.326 e. The normalized spacial score (nSPS) is 32.9. The van der Waals surface area contributed by atoms with Crippen molar-refractivity contribution >= 4 is 23.8 Å². The minimum absolute atomic E-state index is 0.0303. The Morgan fingerprint density at radius 1 is 1.14 bits per heavy atom. The van der Waals surface area contributed by atoms with Crippen LogP contribution >= 0.6 is 0 Å². The number of carbonyl (C=O) groups is 4. The first-order valence-corrected chi connectivity index (χ1v) is 10.4. The standard InChI is InChI=1S/C20H31N3O5/c1-13-6-8-15(9-7-13)21-16(24)12-28-17(25)11-23-18(26)20(22-19(23)27)10-4-3-5-14(20)2/h13-15H,3-12H2,1-2H3,(H,21,24)(H,22,27)/t13?,14-,15?,20-/m0/s1. The van der Waals surface area contributed by atoms with Crippen molar-refractivity contribution in [2.24, 2.45) is 11.8 Å². The summed E-state index contributed by atoms with van der Waals surface area (Å²) in [5.41, 5.74) is -0.898. The first-order valence-electron chi connectivity index (χ1n) is 10.4. The molecule has 1 heterocycles. The van der Waals surface area contributed by atoms with Crippen LogP contribution in [0.1, 0.15) is 65.2 Å². The summed E-state index contributed by atoms with van der Waals surface area (Å²) in [5, 5.41) is 5.68. The number of ether oxygens (including phenoxy) is 1. The van der Waals surface area contributed by atoms with Gasteiger partial charge in [0, 0.05) is 6.04 Å². The van der Waals surface area contributed by atoms with E-state index in [1.165, 1.54) is 0 Å². The van der Waals surface area contributed by atoms with Gasteiger partial charge in [-0.15, -0.1) is 0 Å². The first-order chi connectivity index (χ1) is 13.3. The van der Waals surface area contributed by atoms with Gasteiger partial charge in [0.25, 0.3) is 11.8 Å². The number of amides is 4. The van der Waals surface area contributed by atoms with Crippen molar-refractivity contribution in [1.82, 2.24) is 15.5 Å². The topological polar surface area (TPSA) is 105 Å². The van der Waals surface area contributed by atoms with Gasteiger partial charge in [0.05, 0.1) is 0 Å². The van der Waals surface area contributed by atoms with Crippen LogP contribution in [0.15, 0.2) is 0 Å². The van der Waals surface area contributed by atoms with Crippen molar-refractivity contribution in [2.45, 2.75) is 76.8 Å². The number of rotatable bonds is 5. The molecule has 0 unspecified atom stereocenters. The molecule has 0 bridgehead atoms. The molecule has 8 nitrogen and oxygen atoms in total. The molecule has 8 heteroatoms. The lowest BCUT2D eigenvalue weighted by molar-refractivity contribution is -0.151.